The van der Waals surface area contributed by atoms with Gasteiger partial charge in [0.15, 0.2) is 66.4 Å². The maximum absolute atomic E-state index is 13.3. The van der Waals surface area contributed by atoms with E-state index >= 15 is 0 Å². The van der Waals surface area contributed by atoms with Crippen LogP contribution in [-0.4, -0.2) is 282 Å². The summed E-state index contributed by atoms with van der Waals surface area (Å²) < 4.78 is 129. The summed E-state index contributed by atoms with van der Waals surface area (Å²) in [6, 6.07) is 0. The maximum Gasteiger partial charge on any atom is 0.342 e. The lowest BCUT2D eigenvalue weighted by Gasteiger charge is -2.49. The number of ether oxygens (including phenoxy) is 21. The molecule has 10 aliphatic heterocycles. The van der Waals surface area contributed by atoms with Crippen molar-refractivity contribution in [2.45, 2.75) is 277 Å². The van der Waals surface area contributed by atoms with Gasteiger partial charge in [-0.25, -0.2) is 4.79 Å². The Morgan fingerprint density at radius 2 is 1.33 bits per heavy atom. The van der Waals surface area contributed by atoms with Crippen LogP contribution in [0, 0.1) is 6.92 Å². The summed E-state index contributed by atoms with van der Waals surface area (Å²) >= 11 is 12.1. The highest BCUT2D eigenvalue weighted by molar-refractivity contribution is 6.39. The van der Waals surface area contributed by atoms with Crippen molar-refractivity contribution in [1.29, 1.82) is 0 Å². The predicted octanol–water partition coefficient (Wildman–Crippen LogP) is -0.151. The topological polar surface area (TPSA) is 407 Å². The molecule has 10 heterocycles. The summed E-state index contributed by atoms with van der Waals surface area (Å²) in [4.78, 5) is 39.1. The van der Waals surface area contributed by atoms with Crippen molar-refractivity contribution in [3.63, 3.8) is 0 Å². The number of benzene rings is 1. The van der Waals surface area contributed by atoms with Gasteiger partial charge >= 0.3 is 17.9 Å². The lowest BCUT2D eigenvalue weighted by molar-refractivity contribution is -0.428. The molecule has 8 N–H and O–H groups in total. The molecule has 11 rings (SSSR count). The number of hydrogen-bond acceptors (Lipinski definition) is 32. The van der Waals surface area contributed by atoms with Crippen molar-refractivity contribution < 1.29 is 155 Å². The lowest BCUT2D eigenvalue weighted by Crippen LogP contribution is -2.72. The third-order valence-electron chi connectivity index (χ3n) is 18.9. The Labute approximate surface area is 537 Å². The number of hydrogen-bond donors (Lipinski definition) is 8. The number of carbonyl (C=O) groups is 3. The molecule has 0 aliphatic carbocycles. The van der Waals surface area contributed by atoms with Crippen molar-refractivity contribution in [1.82, 2.24) is 0 Å². The van der Waals surface area contributed by atoms with Crippen molar-refractivity contribution in [2.24, 2.45) is 0 Å². The second-order valence-electron chi connectivity index (χ2n) is 25.0. The summed E-state index contributed by atoms with van der Waals surface area (Å²) in [5.41, 5.74) is -3.77. The fourth-order valence-corrected chi connectivity index (χ4v) is 14.6. The Hall–Kier alpha value is -2.99. The van der Waals surface area contributed by atoms with Crippen LogP contribution >= 0.6 is 23.2 Å². The number of ketones is 1. The minimum atomic E-state index is -2.13. The van der Waals surface area contributed by atoms with Crippen LogP contribution in [0.3, 0.4) is 0 Å². The molecular weight excluding hydrogens is 1280 g/mol. The smallest absolute Gasteiger partial charge is 0.342 e. The van der Waals surface area contributed by atoms with Gasteiger partial charge in [-0.3, -0.25) is 9.59 Å². The Morgan fingerprint density at radius 1 is 0.641 bits per heavy atom. The van der Waals surface area contributed by atoms with Gasteiger partial charge in [-0.1, -0.05) is 30.1 Å². The molecule has 520 valence electrons. The standard InChI is InChI=1S/C58H82Cl2O32/c1-12-30(65)81-47-44-29(89-58(90-44)50-49(75-18-76-50)57(71,24(7)62)25(8)88-58)17-74-53(47)86-54-46(73-11)38(68)43(28(16-61)80-54)85-52-39(69)45(42(72-10)21(4)79-52)83-32-15-55(9)48(23(6)78-32)91-56(92-55)14-27(64)41(22(5)87-56)82-31-13-26(63)40(20(3)77-31)84-51(70)33-19(2)34(59)37(67)35(60)36(33)66/h20-23,25-29,31-32,38-50,52-54,61,63-64,66-69,71H,12-18H2,1-11H3/t20-,21-,22-,23-,25-,26-,27-,28-,29+,31+,32+,38+,39-,40-,41-,42+,43-,44-,45-,46+,47-,48-,49-,50-,52+,53-,54+,55-,56?,57+,58-/m1/s1. The maximum atomic E-state index is 13.3. The first-order valence-electron chi connectivity index (χ1n) is 30.6. The van der Waals surface area contributed by atoms with Gasteiger partial charge in [0.1, 0.15) is 96.2 Å². The average molecular weight is 1360 g/mol. The van der Waals surface area contributed by atoms with Crippen molar-refractivity contribution in [3.05, 3.63) is 21.2 Å². The highest BCUT2D eigenvalue weighted by Crippen LogP contribution is 2.53. The molecule has 92 heavy (non-hydrogen) atoms. The number of rotatable bonds is 16. The summed E-state index contributed by atoms with van der Waals surface area (Å²) in [6.45, 7) is 12.4. The lowest BCUT2D eigenvalue weighted by atomic mass is 9.81. The summed E-state index contributed by atoms with van der Waals surface area (Å²) in [5.74, 6) is -7.72. The minimum absolute atomic E-state index is 0.00987. The Morgan fingerprint density at radius 3 is 1.99 bits per heavy atom. The van der Waals surface area contributed by atoms with Crippen LogP contribution in [0.1, 0.15) is 97.0 Å². The van der Waals surface area contributed by atoms with Crippen LogP contribution in [0.25, 0.3) is 0 Å². The molecule has 31 atom stereocenters. The van der Waals surface area contributed by atoms with E-state index in [4.69, 9.17) is 123 Å². The zero-order chi connectivity index (χ0) is 66.6. The fraction of sp³-hybridized carbons (Fsp3) is 0.845. The van der Waals surface area contributed by atoms with Gasteiger partial charge in [-0.15, -0.1) is 0 Å². The molecule has 34 heteroatoms. The number of phenols is 2. The molecular formula is C58H82Cl2O32. The first-order valence-corrected chi connectivity index (χ1v) is 31.3. The second-order valence-corrected chi connectivity index (χ2v) is 25.8. The number of fused-ring (bicyclic) bond motifs is 4. The highest BCUT2D eigenvalue weighted by Gasteiger charge is 2.73. The zero-order valence-corrected chi connectivity index (χ0v) is 53.7. The van der Waals surface area contributed by atoms with E-state index < -0.39 is 235 Å². The quantitative estimate of drug-likeness (QED) is 0.0998. The van der Waals surface area contributed by atoms with Crippen molar-refractivity contribution in [2.75, 3.05) is 34.2 Å². The van der Waals surface area contributed by atoms with Gasteiger partial charge in [0.05, 0.1) is 67.4 Å². The van der Waals surface area contributed by atoms with Gasteiger partial charge < -0.3 is 140 Å². The van der Waals surface area contributed by atoms with Gasteiger partial charge in [0.2, 0.25) is 6.29 Å². The molecule has 0 aromatic heterocycles. The number of aromatic hydroxyl groups is 2. The number of carbonyl (C=O) groups excluding carboxylic acids is 3. The summed E-state index contributed by atoms with van der Waals surface area (Å²) in [6.07, 6.45) is -34.1. The van der Waals surface area contributed by atoms with E-state index in [0.717, 1.165) is 0 Å². The molecule has 0 bridgehead atoms. The molecule has 10 saturated heterocycles. The van der Waals surface area contributed by atoms with Gasteiger partial charge in [-0.2, -0.15) is 0 Å². The highest BCUT2D eigenvalue weighted by atomic mass is 35.5. The van der Waals surface area contributed by atoms with Gasteiger partial charge in [-0.05, 0) is 61.0 Å². The Balaban J connectivity index is 0.712. The first-order chi connectivity index (χ1) is 43.5. The molecule has 0 amide bonds. The molecule has 1 unspecified atom stereocenters. The monoisotopic (exact) mass is 1360 g/mol. The van der Waals surface area contributed by atoms with E-state index in [-0.39, 0.29) is 49.7 Å². The van der Waals surface area contributed by atoms with E-state index in [2.05, 4.69) is 0 Å². The third-order valence-corrected chi connectivity index (χ3v) is 19.7. The fourth-order valence-electron chi connectivity index (χ4n) is 14.2. The zero-order valence-electron chi connectivity index (χ0n) is 52.2. The van der Waals surface area contributed by atoms with Crippen LogP contribution in [0.2, 0.25) is 10.0 Å². The van der Waals surface area contributed by atoms with E-state index in [0.29, 0.717) is 0 Å². The van der Waals surface area contributed by atoms with Crippen LogP contribution in [0.15, 0.2) is 0 Å². The SMILES string of the molecule is CCC(=O)O[C@H]1[C@@H](O[C@@H]2O[C@H](CO)[C@@H](O[C@@H]3O[C@H](C)[C@H](OC)[C@H](O[C@H]4C[C@@]5(C)OC6(C[C@@H](O)[C@H](O[C@H]7C[C@@H](O)[C@H](OC(=O)c8c(C)c(Cl)c(O)c(Cl)c8O)[C@@H](C)O7)[C@@H](C)O6)O[C@@H]5[C@@H](C)O4)[C@H]3O)[C@H](O)[C@@H]2OC)OC[C@@H]2O[C@]3(O[C@@H]12)O[C@H](C)[C@@](O)(C(C)=O)[C@@H]1OCO[C@H]13. The van der Waals surface area contributed by atoms with Crippen LogP contribution in [-0.2, 0) is 109 Å². The average Bonchev–Trinajstić information content (AvgIpc) is 1.53. The molecule has 10 fully saturated rings. The molecule has 1 aromatic rings. The van der Waals surface area contributed by atoms with E-state index in [1.54, 1.807) is 34.6 Å². The number of methoxy groups -OCH3 is 2. The summed E-state index contributed by atoms with van der Waals surface area (Å²) in [7, 11) is 2.64. The molecule has 0 saturated carbocycles. The Bertz CT molecular complexity index is 2790. The summed E-state index contributed by atoms with van der Waals surface area (Å²) in [5, 5.41) is 89.4. The minimum Gasteiger partial charge on any atom is -0.505 e. The van der Waals surface area contributed by atoms with Crippen LogP contribution in [0.5, 0.6) is 11.5 Å². The molecule has 1 aromatic carbocycles. The number of halogens is 2. The van der Waals surface area contributed by atoms with E-state index in [1.165, 1.54) is 41.9 Å². The van der Waals surface area contributed by atoms with E-state index in [1.807, 2.05) is 0 Å². The van der Waals surface area contributed by atoms with Crippen molar-refractivity contribution in [3.8, 4) is 11.5 Å². The third kappa shape index (κ3) is 12.5. The van der Waals surface area contributed by atoms with E-state index in [9.17, 15) is 55.2 Å². The second kappa shape index (κ2) is 27.0. The van der Waals surface area contributed by atoms with Crippen LogP contribution in [0.4, 0.5) is 0 Å². The number of aliphatic hydroxyl groups is 6. The largest absolute Gasteiger partial charge is 0.505 e. The predicted molar refractivity (Wildman–Crippen MR) is 298 cm³/mol. The number of aliphatic hydroxyl groups excluding tert-OH is 5. The van der Waals surface area contributed by atoms with Crippen molar-refractivity contribution >= 4 is 40.9 Å². The normalized spacial score (nSPS) is 48.4. The molecule has 0 radical (unpaired) electrons. The molecule has 2 spiro atoms. The molecule has 10 aliphatic rings. The number of Topliss-reactive ketones (excluding diaryl/α,β-unsaturated/α-hetero) is 1. The number of phenolic OH excluding ortho intramolecular Hbond substituents is 2. The van der Waals surface area contributed by atoms with Crippen LogP contribution < -0.4 is 0 Å². The van der Waals surface area contributed by atoms with Gasteiger partial charge in [0, 0.05) is 33.5 Å². The first kappa shape index (κ1) is 70.3. The van der Waals surface area contributed by atoms with Gasteiger partial charge in [0.25, 0.3) is 5.97 Å². The number of esters is 2. The molecule has 32 nitrogen and oxygen atoms in total. The Kier molecular flexibility index (Phi) is 20.7.